The first-order valence-corrected chi connectivity index (χ1v) is 11.0. The molecular formula is C28H24N4O2. The van der Waals surface area contributed by atoms with Gasteiger partial charge in [-0.1, -0.05) is 24.3 Å². The summed E-state index contributed by atoms with van der Waals surface area (Å²) >= 11 is 0. The maximum atomic E-state index is 5.87. The highest BCUT2D eigenvalue weighted by molar-refractivity contribution is 5.84. The molecule has 168 valence electrons. The van der Waals surface area contributed by atoms with E-state index in [4.69, 9.17) is 9.47 Å². The number of H-pyrrole nitrogens is 2. The molecule has 0 radical (unpaired) electrons. The second-order valence-corrected chi connectivity index (χ2v) is 7.78. The summed E-state index contributed by atoms with van der Waals surface area (Å²) in [6.45, 7) is 0.454. The molecule has 2 aromatic carbocycles. The highest BCUT2D eigenvalue weighted by Crippen LogP contribution is 2.27. The van der Waals surface area contributed by atoms with Crippen LogP contribution in [0.25, 0.3) is 35.2 Å². The fourth-order valence-electron chi connectivity index (χ4n) is 3.63. The number of nitrogens with one attached hydrogen (secondary N) is 2. The topological polar surface area (TPSA) is 75.8 Å². The molecule has 0 aliphatic heterocycles. The molecular weight excluding hydrogens is 424 g/mol. The molecule has 0 fully saturated rings. The molecule has 0 bridgehead atoms. The van der Waals surface area contributed by atoms with Crippen molar-refractivity contribution in [2.75, 3.05) is 7.11 Å². The van der Waals surface area contributed by atoms with E-state index in [-0.39, 0.29) is 0 Å². The first kappa shape index (κ1) is 21.3. The first-order chi connectivity index (χ1) is 16.8. The second-order valence-electron chi connectivity index (χ2n) is 7.78. The third-order valence-corrected chi connectivity index (χ3v) is 5.38. The Balaban J connectivity index is 1.24. The number of pyridine rings is 1. The molecule has 0 saturated heterocycles. The van der Waals surface area contributed by atoms with Crippen molar-refractivity contribution in [3.05, 3.63) is 107 Å². The molecule has 2 N–H and O–H groups in total. The van der Waals surface area contributed by atoms with Crippen molar-refractivity contribution in [1.29, 1.82) is 0 Å². The summed E-state index contributed by atoms with van der Waals surface area (Å²) < 4.78 is 11.4. The molecule has 0 amide bonds. The molecule has 5 aromatic rings. The smallest absolute Gasteiger partial charge is 0.129 e. The number of ether oxygens (including phenoxy) is 2. The number of rotatable bonds is 8. The summed E-state index contributed by atoms with van der Waals surface area (Å²) in [5, 5.41) is 8.62. The number of hydrogen-bond donors (Lipinski definition) is 2. The Morgan fingerprint density at radius 2 is 1.79 bits per heavy atom. The molecule has 34 heavy (non-hydrogen) atoms. The van der Waals surface area contributed by atoms with Gasteiger partial charge in [0.25, 0.3) is 0 Å². The van der Waals surface area contributed by atoms with E-state index in [1.165, 1.54) is 5.39 Å². The average molecular weight is 449 g/mol. The quantitative estimate of drug-likeness (QED) is 0.296. The number of nitrogens with zero attached hydrogens (tertiary/aromatic N) is 2. The van der Waals surface area contributed by atoms with E-state index in [0.717, 1.165) is 45.2 Å². The van der Waals surface area contributed by atoms with Crippen LogP contribution in [0.15, 0.2) is 79.1 Å². The van der Waals surface area contributed by atoms with Crippen molar-refractivity contribution in [3.63, 3.8) is 0 Å². The van der Waals surface area contributed by atoms with Gasteiger partial charge in [0.05, 0.1) is 18.5 Å². The molecule has 6 heteroatoms. The van der Waals surface area contributed by atoms with Crippen molar-refractivity contribution in [2.45, 2.75) is 6.61 Å². The van der Waals surface area contributed by atoms with E-state index in [0.29, 0.717) is 6.61 Å². The van der Waals surface area contributed by atoms with Crippen molar-refractivity contribution in [1.82, 2.24) is 20.2 Å². The third-order valence-electron chi connectivity index (χ3n) is 5.38. The van der Waals surface area contributed by atoms with E-state index in [9.17, 15) is 0 Å². The zero-order chi connectivity index (χ0) is 23.2. The van der Waals surface area contributed by atoms with Gasteiger partial charge in [-0.15, -0.1) is 0 Å². The van der Waals surface area contributed by atoms with E-state index < -0.39 is 0 Å². The third kappa shape index (κ3) is 5.07. The lowest BCUT2D eigenvalue weighted by Gasteiger charge is -2.10. The largest absolute Gasteiger partial charge is 0.496 e. The Labute approximate surface area is 197 Å². The molecule has 6 nitrogen and oxygen atoms in total. The number of methoxy groups -OCH3 is 1. The van der Waals surface area contributed by atoms with Crippen molar-refractivity contribution < 1.29 is 9.47 Å². The lowest BCUT2D eigenvalue weighted by atomic mass is 10.1. The zero-order valence-electron chi connectivity index (χ0n) is 18.7. The Morgan fingerprint density at radius 1 is 0.882 bits per heavy atom. The molecule has 0 atom stereocenters. The molecule has 0 aliphatic rings. The van der Waals surface area contributed by atoms with E-state index >= 15 is 0 Å². The van der Waals surface area contributed by atoms with Crippen LogP contribution in [0.3, 0.4) is 0 Å². The Kier molecular flexibility index (Phi) is 6.21. The summed E-state index contributed by atoms with van der Waals surface area (Å²) in [5.41, 5.74) is 5.87. The van der Waals surface area contributed by atoms with Gasteiger partial charge in [0, 0.05) is 40.8 Å². The fraction of sp³-hybridized carbons (Fsp3) is 0.0714. The molecule has 5 rings (SSSR count). The predicted molar refractivity (Wildman–Crippen MR) is 136 cm³/mol. The summed E-state index contributed by atoms with van der Waals surface area (Å²) in [7, 11) is 1.65. The minimum atomic E-state index is 0.454. The molecule has 3 aromatic heterocycles. The Morgan fingerprint density at radius 3 is 2.65 bits per heavy atom. The minimum Gasteiger partial charge on any atom is -0.496 e. The van der Waals surface area contributed by atoms with Gasteiger partial charge < -0.3 is 14.5 Å². The number of aromatic nitrogens is 4. The van der Waals surface area contributed by atoms with Crippen molar-refractivity contribution >= 4 is 35.2 Å². The molecule has 0 saturated carbocycles. The standard InChI is InChI=1S/C28H24N4O2/c1-33-28-17-26(34-19-20-5-4-14-29-18-20)13-9-21(28)8-10-24-16-25(32-31-24)12-11-23-15-22-6-2-3-7-27(22)30-23/h2-18,30H,19H2,1H3,(H,31,32)/b10-8+,12-11+. The van der Waals surface area contributed by atoms with Crippen LogP contribution in [0.5, 0.6) is 11.5 Å². The maximum absolute atomic E-state index is 5.87. The predicted octanol–water partition coefficient (Wildman–Crippen LogP) is 6.21. The van der Waals surface area contributed by atoms with Gasteiger partial charge in [-0.25, -0.2) is 0 Å². The van der Waals surface area contributed by atoms with E-state index in [2.05, 4.69) is 38.4 Å². The first-order valence-electron chi connectivity index (χ1n) is 11.0. The number of hydrogen-bond acceptors (Lipinski definition) is 4. The number of fused-ring (bicyclic) bond motifs is 1. The van der Waals surface area contributed by atoms with Crippen LogP contribution in [0.2, 0.25) is 0 Å². The van der Waals surface area contributed by atoms with Gasteiger partial charge in [-0.3, -0.25) is 10.1 Å². The number of benzene rings is 2. The summed E-state index contributed by atoms with van der Waals surface area (Å²) in [6.07, 6.45) is 11.5. The van der Waals surface area contributed by atoms with Gasteiger partial charge in [0.2, 0.25) is 0 Å². The van der Waals surface area contributed by atoms with Crippen LogP contribution in [0.1, 0.15) is 28.2 Å². The van der Waals surface area contributed by atoms with Crippen LogP contribution < -0.4 is 9.47 Å². The molecule has 3 heterocycles. The molecule has 0 aliphatic carbocycles. The van der Waals surface area contributed by atoms with Crippen LogP contribution in [-0.4, -0.2) is 27.3 Å². The number of para-hydroxylation sites is 1. The summed E-state index contributed by atoms with van der Waals surface area (Å²) in [5.74, 6) is 1.47. The normalized spacial score (nSPS) is 11.6. The van der Waals surface area contributed by atoms with Crippen LogP contribution >= 0.6 is 0 Å². The average Bonchev–Trinajstić information content (AvgIpc) is 3.52. The van der Waals surface area contributed by atoms with E-state index in [1.54, 1.807) is 19.5 Å². The van der Waals surface area contributed by atoms with Crippen LogP contribution in [0.4, 0.5) is 0 Å². The van der Waals surface area contributed by atoms with Gasteiger partial charge in [0.15, 0.2) is 0 Å². The van der Waals surface area contributed by atoms with Gasteiger partial charge in [-0.2, -0.15) is 5.10 Å². The van der Waals surface area contributed by atoms with Crippen molar-refractivity contribution in [2.24, 2.45) is 0 Å². The fourth-order valence-corrected chi connectivity index (χ4v) is 3.63. The van der Waals surface area contributed by atoms with E-state index in [1.807, 2.05) is 72.8 Å². The zero-order valence-corrected chi connectivity index (χ0v) is 18.7. The van der Waals surface area contributed by atoms with Gasteiger partial charge >= 0.3 is 0 Å². The van der Waals surface area contributed by atoms with Gasteiger partial charge in [-0.05, 0) is 66.1 Å². The number of aromatic amines is 2. The SMILES string of the molecule is COc1cc(OCc2cccnc2)ccc1/C=C/c1cc(/C=C/c2cc3ccccc3[nH]2)n[nH]1. The summed E-state index contributed by atoms with van der Waals surface area (Å²) in [4.78, 5) is 7.50. The highest BCUT2D eigenvalue weighted by atomic mass is 16.5. The van der Waals surface area contributed by atoms with Gasteiger partial charge in [0.1, 0.15) is 18.1 Å². The molecule has 0 unspecified atom stereocenters. The van der Waals surface area contributed by atoms with Crippen LogP contribution in [-0.2, 0) is 6.61 Å². The van der Waals surface area contributed by atoms with Crippen molar-refractivity contribution in [3.8, 4) is 11.5 Å². The lowest BCUT2D eigenvalue weighted by Crippen LogP contribution is -1.96. The second kappa shape index (κ2) is 9.92. The Hall–Kier alpha value is -4.58. The Bertz CT molecular complexity index is 1410. The summed E-state index contributed by atoms with van der Waals surface area (Å²) in [6, 6.07) is 22.0. The highest BCUT2D eigenvalue weighted by Gasteiger charge is 2.04. The maximum Gasteiger partial charge on any atom is 0.129 e. The lowest BCUT2D eigenvalue weighted by molar-refractivity contribution is 0.303. The molecule has 0 spiro atoms. The van der Waals surface area contributed by atoms with Crippen LogP contribution in [0, 0.1) is 0 Å². The minimum absolute atomic E-state index is 0.454. The monoisotopic (exact) mass is 448 g/mol.